The first-order valence-electron chi connectivity index (χ1n) is 3.31. The Morgan fingerprint density at radius 3 is 2.18 bits per heavy atom. The van der Waals surface area contributed by atoms with Crippen LogP contribution >= 0.6 is 12.4 Å². The number of nitrogens with two attached hydrogens (primary N) is 1. The summed E-state index contributed by atoms with van der Waals surface area (Å²) in [6.45, 7) is 2.00. The van der Waals surface area contributed by atoms with Crippen molar-refractivity contribution in [3.8, 4) is 0 Å². The van der Waals surface area contributed by atoms with Crippen molar-refractivity contribution in [3.63, 3.8) is 0 Å². The minimum absolute atomic E-state index is 0. The summed E-state index contributed by atoms with van der Waals surface area (Å²) in [6, 6.07) is 7.79. The summed E-state index contributed by atoms with van der Waals surface area (Å²) in [5, 5.41) is 0. The summed E-state index contributed by atoms with van der Waals surface area (Å²) in [5.41, 5.74) is 7.50. The molecule has 0 aliphatic rings. The lowest BCUT2D eigenvalue weighted by molar-refractivity contribution is 1.63. The summed E-state index contributed by atoms with van der Waals surface area (Å²) in [6.07, 6.45) is 4.05. The van der Waals surface area contributed by atoms with Crippen LogP contribution < -0.4 is 5.73 Å². The van der Waals surface area contributed by atoms with E-state index < -0.39 is 0 Å². The Morgan fingerprint density at radius 2 is 1.73 bits per heavy atom. The van der Waals surface area contributed by atoms with Crippen LogP contribution in [-0.2, 0) is 0 Å². The van der Waals surface area contributed by atoms with Gasteiger partial charge in [-0.05, 0) is 24.6 Å². The van der Waals surface area contributed by atoms with E-state index in [9.17, 15) is 0 Å². The Morgan fingerprint density at radius 1 is 1.18 bits per heavy atom. The lowest BCUT2D eigenvalue weighted by Crippen LogP contribution is -1.82. The van der Waals surface area contributed by atoms with E-state index in [-0.39, 0.29) is 12.4 Å². The molecule has 0 aromatic heterocycles. The van der Waals surface area contributed by atoms with Crippen molar-refractivity contribution in [2.75, 3.05) is 5.73 Å². The fraction of sp³-hybridized carbons (Fsp3) is 0.111. The molecule has 0 heterocycles. The van der Waals surface area contributed by atoms with Crippen LogP contribution in [0.4, 0.5) is 5.69 Å². The molecule has 1 aromatic carbocycles. The van der Waals surface area contributed by atoms with E-state index >= 15 is 0 Å². The van der Waals surface area contributed by atoms with Gasteiger partial charge < -0.3 is 5.73 Å². The normalized spacial score (nSPS) is 9.55. The highest BCUT2D eigenvalue weighted by Gasteiger charge is 1.83. The van der Waals surface area contributed by atoms with Gasteiger partial charge in [0, 0.05) is 5.69 Å². The summed E-state index contributed by atoms with van der Waals surface area (Å²) in [7, 11) is 0. The Kier molecular flexibility index (Phi) is 4.39. The molecular weight excluding hydrogens is 158 g/mol. The molecule has 0 fully saturated rings. The van der Waals surface area contributed by atoms with E-state index in [1.807, 2.05) is 43.3 Å². The zero-order chi connectivity index (χ0) is 7.40. The molecule has 1 rings (SSSR count). The number of rotatable bonds is 1. The lowest BCUT2D eigenvalue weighted by Gasteiger charge is -1.92. The van der Waals surface area contributed by atoms with E-state index in [1.165, 1.54) is 5.56 Å². The van der Waals surface area contributed by atoms with Gasteiger partial charge in [0.15, 0.2) is 0 Å². The molecule has 0 unspecified atom stereocenters. The van der Waals surface area contributed by atoms with Crippen molar-refractivity contribution in [1.29, 1.82) is 0 Å². The molecule has 0 aliphatic carbocycles. The first kappa shape index (κ1) is 10.0. The van der Waals surface area contributed by atoms with Crippen LogP contribution in [0.5, 0.6) is 0 Å². The van der Waals surface area contributed by atoms with Gasteiger partial charge in [-0.1, -0.05) is 24.3 Å². The summed E-state index contributed by atoms with van der Waals surface area (Å²) < 4.78 is 0. The van der Waals surface area contributed by atoms with Gasteiger partial charge in [-0.25, -0.2) is 0 Å². The largest absolute Gasteiger partial charge is 0.399 e. The molecule has 1 nitrogen and oxygen atoms in total. The lowest BCUT2D eigenvalue weighted by atomic mass is 10.2. The fourth-order valence-corrected chi connectivity index (χ4v) is 0.800. The standard InChI is InChI=1S/C9H11N.ClH/c1-2-3-8-4-6-9(10)7-5-8;/h2-7H,10H2,1H3;1H/b3-2+;. The SMILES string of the molecule is C/C=C/c1ccc(N)cc1.Cl. The monoisotopic (exact) mass is 169 g/mol. The second-order valence-corrected chi connectivity index (χ2v) is 2.17. The third-order valence-electron chi connectivity index (χ3n) is 1.30. The predicted octanol–water partition coefficient (Wildman–Crippen LogP) is 2.72. The van der Waals surface area contributed by atoms with E-state index in [0.29, 0.717) is 0 Å². The zero-order valence-electron chi connectivity index (χ0n) is 6.45. The predicted molar refractivity (Wildman–Crippen MR) is 52.8 cm³/mol. The van der Waals surface area contributed by atoms with Crippen molar-refractivity contribution < 1.29 is 0 Å². The molecule has 60 valence electrons. The number of hydrogen-bond donors (Lipinski definition) is 1. The van der Waals surface area contributed by atoms with Crippen LogP contribution in [-0.4, -0.2) is 0 Å². The highest BCUT2D eigenvalue weighted by Crippen LogP contribution is 2.06. The minimum atomic E-state index is 0. The first-order chi connectivity index (χ1) is 4.83. The van der Waals surface area contributed by atoms with Gasteiger partial charge in [0.1, 0.15) is 0 Å². The quantitative estimate of drug-likeness (QED) is 0.643. The highest BCUT2D eigenvalue weighted by molar-refractivity contribution is 5.85. The van der Waals surface area contributed by atoms with Crippen LogP contribution in [0, 0.1) is 0 Å². The van der Waals surface area contributed by atoms with Crippen LogP contribution in [0.25, 0.3) is 6.08 Å². The molecule has 0 saturated carbocycles. The van der Waals surface area contributed by atoms with Crippen LogP contribution in [0.2, 0.25) is 0 Å². The van der Waals surface area contributed by atoms with Gasteiger partial charge in [-0.2, -0.15) is 0 Å². The number of anilines is 1. The average molecular weight is 170 g/mol. The Bertz CT molecular complexity index is 226. The Hall–Kier alpha value is -0.950. The van der Waals surface area contributed by atoms with Crippen LogP contribution in [0.1, 0.15) is 12.5 Å². The molecule has 2 heteroatoms. The molecule has 11 heavy (non-hydrogen) atoms. The molecule has 0 aliphatic heterocycles. The number of halogens is 1. The molecule has 0 atom stereocenters. The maximum Gasteiger partial charge on any atom is 0.0314 e. The van der Waals surface area contributed by atoms with Crippen LogP contribution in [0.15, 0.2) is 30.3 Å². The highest BCUT2D eigenvalue weighted by atomic mass is 35.5. The molecule has 0 radical (unpaired) electrons. The maximum atomic E-state index is 5.50. The van der Waals surface area contributed by atoms with Crippen molar-refractivity contribution in [3.05, 3.63) is 35.9 Å². The third kappa shape index (κ3) is 3.10. The zero-order valence-corrected chi connectivity index (χ0v) is 7.27. The Balaban J connectivity index is 0.000001000. The van der Waals surface area contributed by atoms with Gasteiger partial charge in [0.2, 0.25) is 0 Å². The van der Waals surface area contributed by atoms with Gasteiger partial charge >= 0.3 is 0 Å². The second kappa shape index (κ2) is 4.80. The Labute approximate surface area is 73.3 Å². The molecule has 1 aromatic rings. The number of allylic oxidation sites excluding steroid dienone is 1. The van der Waals surface area contributed by atoms with Crippen molar-refractivity contribution >= 4 is 24.2 Å². The summed E-state index contributed by atoms with van der Waals surface area (Å²) in [5.74, 6) is 0. The van der Waals surface area contributed by atoms with Crippen molar-refractivity contribution in [2.45, 2.75) is 6.92 Å². The van der Waals surface area contributed by atoms with E-state index in [0.717, 1.165) is 5.69 Å². The number of hydrogen-bond acceptors (Lipinski definition) is 1. The molecule has 0 amide bonds. The summed E-state index contributed by atoms with van der Waals surface area (Å²) >= 11 is 0. The maximum absolute atomic E-state index is 5.50. The molecule has 0 bridgehead atoms. The summed E-state index contributed by atoms with van der Waals surface area (Å²) in [4.78, 5) is 0. The van der Waals surface area contributed by atoms with Gasteiger partial charge in [0.25, 0.3) is 0 Å². The second-order valence-electron chi connectivity index (χ2n) is 2.17. The van der Waals surface area contributed by atoms with E-state index in [1.54, 1.807) is 0 Å². The minimum Gasteiger partial charge on any atom is -0.399 e. The van der Waals surface area contributed by atoms with Gasteiger partial charge in [0.05, 0.1) is 0 Å². The molecule has 2 N–H and O–H groups in total. The first-order valence-corrected chi connectivity index (χ1v) is 3.31. The number of benzene rings is 1. The van der Waals surface area contributed by atoms with Crippen LogP contribution in [0.3, 0.4) is 0 Å². The number of nitrogen functional groups attached to an aromatic ring is 1. The third-order valence-corrected chi connectivity index (χ3v) is 1.30. The molecular formula is C9H12ClN. The van der Waals surface area contributed by atoms with Gasteiger partial charge in [-0.3, -0.25) is 0 Å². The van der Waals surface area contributed by atoms with Crippen molar-refractivity contribution in [1.82, 2.24) is 0 Å². The average Bonchev–Trinajstić information content (AvgIpc) is 1.95. The smallest absolute Gasteiger partial charge is 0.0314 e. The topological polar surface area (TPSA) is 26.0 Å². The van der Waals surface area contributed by atoms with Gasteiger partial charge in [-0.15, -0.1) is 12.4 Å². The van der Waals surface area contributed by atoms with E-state index in [4.69, 9.17) is 5.73 Å². The van der Waals surface area contributed by atoms with Crippen molar-refractivity contribution in [2.24, 2.45) is 0 Å². The molecule has 0 spiro atoms. The fourth-order valence-electron chi connectivity index (χ4n) is 0.800. The molecule has 0 saturated heterocycles. The van der Waals surface area contributed by atoms with E-state index in [2.05, 4.69) is 0 Å².